The molecule has 0 saturated heterocycles. The van der Waals surface area contributed by atoms with Crippen LogP contribution in [0.2, 0.25) is 0 Å². The second-order valence-electron chi connectivity index (χ2n) is 14.3. The first-order valence-electron chi connectivity index (χ1n) is 19.2. The van der Waals surface area contributed by atoms with E-state index in [-0.39, 0.29) is 30.3 Å². The normalized spacial score (nSPS) is 14.1. The summed E-state index contributed by atoms with van der Waals surface area (Å²) in [5.74, 6) is -14.8. The van der Waals surface area contributed by atoms with Gasteiger partial charge in [-0.1, -0.05) is 13.8 Å². The van der Waals surface area contributed by atoms with E-state index >= 15 is 0 Å². The molecule has 1 aromatic rings. The summed E-state index contributed by atoms with van der Waals surface area (Å²) < 4.78 is 0. The number of carbonyl (C=O) groups is 12. The number of rotatable bonds is 30. The SMILES string of the molecule is CC(C)C[C@H](NC(=O)[C@H](CC(N)=O)NC(=O)[C@H](CCC(=O)O)NC(=O)[C@H](CC(=O)O)NC(=O)CNC(=O)[C@H](CS)NC(=O)[C@H](CS)NC(=O)CN)C(=O)N[C@@H](Cc1cnc[nH]1)C(=O)O. The van der Waals surface area contributed by atoms with Crippen LogP contribution in [0.25, 0.3) is 0 Å². The Balaban J connectivity index is 3.21. The van der Waals surface area contributed by atoms with E-state index in [1.165, 1.54) is 12.5 Å². The number of aromatic amines is 1. The zero-order valence-electron chi connectivity index (χ0n) is 34.6. The van der Waals surface area contributed by atoms with Crippen LogP contribution in [0.4, 0.5) is 0 Å². The molecule has 0 aliphatic rings. The molecule has 0 saturated carbocycles. The number of nitrogens with two attached hydrogens (primary N) is 2. The van der Waals surface area contributed by atoms with E-state index in [9.17, 15) is 72.9 Å². The van der Waals surface area contributed by atoms with Gasteiger partial charge in [0.2, 0.25) is 53.2 Å². The smallest absolute Gasteiger partial charge is 0.326 e. The number of H-pyrrole nitrogens is 1. The van der Waals surface area contributed by atoms with Crippen LogP contribution in [0.5, 0.6) is 0 Å². The van der Waals surface area contributed by atoms with E-state index in [4.69, 9.17) is 11.5 Å². The highest BCUT2D eigenvalue weighted by Crippen LogP contribution is 2.09. The molecule has 1 heterocycles. The summed E-state index contributed by atoms with van der Waals surface area (Å²) in [5.41, 5.74) is 10.9. The van der Waals surface area contributed by atoms with Gasteiger partial charge < -0.3 is 74.3 Å². The first-order chi connectivity index (χ1) is 30.0. The Morgan fingerprint density at radius 1 is 0.641 bits per heavy atom. The second kappa shape index (κ2) is 28.2. The van der Waals surface area contributed by atoms with Gasteiger partial charge in [-0.05, 0) is 18.8 Å². The quantitative estimate of drug-likeness (QED) is 0.0319. The Labute approximate surface area is 375 Å². The minimum absolute atomic E-state index is 0.0669. The van der Waals surface area contributed by atoms with Crippen LogP contribution in [0.3, 0.4) is 0 Å². The van der Waals surface area contributed by atoms with Gasteiger partial charge in [-0.2, -0.15) is 25.3 Å². The first-order valence-corrected chi connectivity index (χ1v) is 20.5. The summed E-state index contributed by atoms with van der Waals surface area (Å²) in [4.78, 5) is 157. The van der Waals surface area contributed by atoms with Crippen LogP contribution >= 0.6 is 25.3 Å². The van der Waals surface area contributed by atoms with E-state index in [0.29, 0.717) is 5.69 Å². The predicted octanol–water partition coefficient (Wildman–Crippen LogP) is -6.37. The van der Waals surface area contributed by atoms with Crippen molar-refractivity contribution in [3.63, 3.8) is 0 Å². The Bertz CT molecular complexity index is 1850. The Hall–Kier alpha value is -6.49. The molecule has 16 N–H and O–H groups in total. The lowest BCUT2D eigenvalue weighted by Gasteiger charge is -2.27. The van der Waals surface area contributed by atoms with Crippen molar-refractivity contribution in [3.8, 4) is 0 Å². The van der Waals surface area contributed by atoms with Crippen LogP contribution in [0.1, 0.15) is 51.6 Å². The van der Waals surface area contributed by atoms with E-state index in [1.54, 1.807) is 13.8 Å². The maximum Gasteiger partial charge on any atom is 0.326 e. The van der Waals surface area contributed by atoms with Crippen molar-refractivity contribution < 1.29 is 72.9 Å². The number of thiol groups is 2. The third-order valence-corrected chi connectivity index (χ3v) is 9.27. The average molecular weight is 947 g/mol. The van der Waals surface area contributed by atoms with Gasteiger partial charge in [0.1, 0.15) is 42.3 Å². The number of aromatic nitrogens is 2. The molecular weight excluding hydrogens is 893 g/mol. The van der Waals surface area contributed by atoms with Crippen LogP contribution in [-0.2, 0) is 64.0 Å². The number of primary amides is 1. The zero-order chi connectivity index (χ0) is 48.7. The molecule has 0 radical (unpaired) electrons. The summed E-state index contributed by atoms with van der Waals surface area (Å²) in [6.07, 6.45) is -1.12. The molecule has 0 aliphatic carbocycles. The number of carboxylic acids is 3. The van der Waals surface area contributed by atoms with Crippen LogP contribution in [0.15, 0.2) is 12.5 Å². The Morgan fingerprint density at radius 2 is 1.12 bits per heavy atom. The summed E-state index contributed by atoms with van der Waals surface area (Å²) >= 11 is 7.97. The molecule has 64 heavy (non-hydrogen) atoms. The minimum Gasteiger partial charge on any atom is -0.481 e. The molecule has 0 bridgehead atoms. The van der Waals surface area contributed by atoms with E-state index in [2.05, 4.69) is 77.8 Å². The van der Waals surface area contributed by atoms with Crippen LogP contribution in [-0.4, -0.2) is 163 Å². The van der Waals surface area contributed by atoms with Crippen molar-refractivity contribution in [1.29, 1.82) is 0 Å². The molecule has 0 aromatic carbocycles. The molecule has 1 aromatic heterocycles. The van der Waals surface area contributed by atoms with Crippen molar-refractivity contribution in [1.82, 2.24) is 52.5 Å². The fraction of sp³-hybridized carbons (Fsp3) is 0.571. The Morgan fingerprint density at radius 3 is 1.62 bits per heavy atom. The summed E-state index contributed by atoms with van der Waals surface area (Å²) in [5, 5.41) is 46.2. The second-order valence-corrected chi connectivity index (χ2v) is 15.0. The first kappa shape index (κ1) is 55.5. The molecule has 27 nitrogen and oxygen atoms in total. The topological polar surface area (TPSA) is 442 Å². The lowest BCUT2D eigenvalue weighted by atomic mass is 10.0. The number of amides is 9. The minimum atomic E-state index is -1.97. The highest BCUT2D eigenvalue weighted by Gasteiger charge is 2.35. The number of hydrogen-bond donors (Lipinski definition) is 16. The monoisotopic (exact) mass is 946 g/mol. The number of nitrogens with one attached hydrogen (secondary N) is 9. The molecule has 29 heteroatoms. The van der Waals surface area contributed by atoms with E-state index in [1.807, 2.05) is 0 Å². The standard InChI is InChI=1S/C35H54N12O15S2/c1-15(2)5-18(31(57)46-21(35(61)62)6-16-10-38-14-40-16)44-32(58)19(7-24(37)48)45-30(56)17(3-4-27(51)52)43-33(59)20(8-28(53)54)41-26(50)11-39-29(55)22(12-63)47-34(60)23(13-64)42-25(49)9-36/h10,14-15,17-23,63-64H,3-9,11-13,36H2,1-2H3,(H2,37,48)(H,38,40)(H,39,55)(H,41,50)(H,42,49)(H,43,59)(H,44,58)(H,45,56)(H,46,57)(H,47,60)(H,51,52)(H,53,54)(H,61,62)/t17-,18-,19-,20-,21-,22-,23-/m0/s1. The van der Waals surface area contributed by atoms with E-state index in [0.717, 1.165) is 0 Å². The number of hydrogen-bond acceptors (Lipinski definition) is 16. The van der Waals surface area contributed by atoms with Crippen molar-refractivity contribution in [3.05, 3.63) is 18.2 Å². The molecule has 9 amide bonds. The molecular formula is C35H54N12O15S2. The summed E-state index contributed by atoms with van der Waals surface area (Å²) in [6, 6.07) is -11.2. The fourth-order valence-corrected chi connectivity index (χ4v) is 5.90. The van der Waals surface area contributed by atoms with Crippen molar-refractivity contribution >= 4 is 96.3 Å². The Kier molecular flexibility index (Phi) is 24.5. The predicted molar refractivity (Wildman–Crippen MR) is 226 cm³/mol. The maximum atomic E-state index is 13.6. The highest BCUT2D eigenvalue weighted by atomic mass is 32.1. The van der Waals surface area contributed by atoms with E-state index < -0.39 is 152 Å². The highest BCUT2D eigenvalue weighted by molar-refractivity contribution is 7.80. The van der Waals surface area contributed by atoms with Gasteiger partial charge in [-0.15, -0.1) is 0 Å². The largest absolute Gasteiger partial charge is 0.481 e. The van der Waals surface area contributed by atoms with Gasteiger partial charge in [0, 0.05) is 36.2 Å². The lowest BCUT2D eigenvalue weighted by Crippen LogP contribution is -2.60. The number of imidazole rings is 1. The molecule has 0 aliphatic heterocycles. The van der Waals surface area contributed by atoms with Gasteiger partial charge >= 0.3 is 17.9 Å². The molecule has 0 unspecified atom stereocenters. The van der Waals surface area contributed by atoms with Gasteiger partial charge in [0.25, 0.3) is 0 Å². The number of aliphatic carboxylic acids is 3. The molecule has 356 valence electrons. The van der Waals surface area contributed by atoms with Gasteiger partial charge in [-0.3, -0.25) is 52.7 Å². The van der Waals surface area contributed by atoms with Crippen molar-refractivity contribution in [2.75, 3.05) is 24.6 Å². The van der Waals surface area contributed by atoms with Gasteiger partial charge in [0.05, 0.1) is 32.3 Å². The number of nitrogens with zero attached hydrogens (tertiary/aromatic N) is 1. The zero-order valence-corrected chi connectivity index (χ0v) is 36.4. The molecule has 7 atom stereocenters. The fourth-order valence-electron chi connectivity index (χ4n) is 5.39. The summed E-state index contributed by atoms with van der Waals surface area (Å²) in [7, 11) is 0. The van der Waals surface area contributed by atoms with Crippen LogP contribution < -0.4 is 54.0 Å². The maximum absolute atomic E-state index is 13.6. The summed E-state index contributed by atoms with van der Waals surface area (Å²) in [6.45, 7) is 2.02. The molecule has 0 spiro atoms. The molecule has 1 rings (SSSR count). The van der Waals surface area contributed by atoms with Crippen molar-refractivity contribution in [2.45, 2.75) is 94.7 Å². The third-order valence-electron chi connectivity index (χ3n) is 8.54. The van der Waals surface area contributed by atoms with Crippen molar-refractivity contribution in [2.24, 2.45) is 17.4 Å². The van der Waals surface area contributed by atoms with Gasteiger partial charge in [-0.25, -0.2) is 9.78 Å². The number of carboxylic acid groups (broad SMARTS) is 3. The number of carbonyl (C=O) groups excluding carboxylic acids is 9. The van der Waals surface area contributed by atoms with Crippen LogP contribution in [0, 0.1) is 5.92 Å². The molecule has 0 fully saturated rings. The average Bonchev–Trinajstić information content (AvgIpc) is 3.73. The van der Waals surface area contributed by atoms with Gasteiger partial charge in [0.15, 0.2) is 0 Å². The third kappa shape index (κ3) is 21.1. The lowest BCUT2D eigenvalue weighted by molar-refractivity contribution is -0.143.